The van der Waals surface area contributed by atoms with E-state index in [4.69, 9.17) is 0 Å². The van der Waals surface area contributed by atoms with Gasteiger partial charge in [-0.3, -0.25) is 0 Å². The van der Waals surface area contributed by atoms with E-state index in [1.807, 2.05) is 7.05 Å². The molecule has 1 atom stereocenters. The molecule has 0 aromatic heterocycles. The van der Waals surface area contributed by atoms with E-state index >= 15 is 0 Å². The van der Waals surface area contributed by atoms with Gasteiger partial charge in [0.05, 0.1) is 0 Å². The van der Waals surface area contributed by atoms with Crippen molar-refractivity contribution >= 4 is 5.78 Å². The second-order valence-corrected chi connectivity index (χ2v) is 6.40. The van der Waals surface area contributed by atoms with Crippen LogP contribution in [0.5, 0.6) is 0 Å². The van der Waals surface area contributed by atoms with E-state index in [0.717, 1.165) is 6.42 Å². The summed E-state index contributed by atoms with van der Waals surface area (Å²) >= 11 is 0. The Hall–Kier alpha value is -1.15. The Kier molecular flexibility index (Phi) is 5.30. The van der Waals surface area contributed by atoms with Gasteiger partial charge in [0.25, 0.3) is 0 Å². The van der Waals surface area contributed by atoms with Gasteiger partial charge in [-0.15, -0.1) is 0 Å². The average molecular weight is 261 g/mol. The molecule has 1 aromatic rings. The van der Waals surface area contributed by atoms with Crippen LogP contribution in [0.25, 0.3) is 0 Å². The van der Waals surface area contributed by atoms with Crippen molar-refractivity contribution in [2.45, 2.75) is 58.9 Å². The number of hydrogen-bond donors (Lipinski definition) is 1. The van der Waals surface area contributed by atoms with E-state index < -0.39 is 0 Å². The molecule has 0 saturated heterocycles. The maximum absolute atomic E-state index is 11.1. The van der Waals surface area contributed by atoms with Crippen molar-refractivity contribution in [3.05, 3.63) is 34.9 Å². The SMILES string of the molecule is CNC(CCC(C)=O)c1ccc(C(C)(C)C)cc1C. The summed E-state index contributed by atoms with van der Waals surface area (Å²) in [6, 6.07) is 6.95. The number of carbonyl (C=O) groups is 1. The Labute approximate surface area is 117 Å². The zero-order valence-electron chi connectivity index (χ0n) is 13.1. The lowest BCUT2D eigenvalue weighted by Crippen LogP contribution is -2.19. The largest absolute Gasteiger partial charge is 0.313 e. The number of carbonyl (C=O) groups excluding carboxylic acids is 1. The van der Waals surface area contributed by atoms with Gasteiger partial charge in [0.2, 0.25) is 0 Å². The van der Waals surface area contributed by atoms with Crippen LogP contribution >= 0.6 is 0 Å². The molecule has 0 heterocycles. The number of nitrogens with one attached hydrogen (secondary N) is 1. The molecule has 19 heavy (non-hydrogen) atoms. The van der Waals surface area contributed by atoms with Gasteiger partial charge in [-0.05, 0) is 49.4 Å². The summed E-state index contributed by atoms with van der Waals surface area (Å²) in [6.45, 7) is 10.5. The molecule has 0 fully saturated rings. The maximum atomic E-state index is 11.1. The molecule has 0 aliphatic rings. The summed E-state index contributed by atoms with van der Waals surface area (Å²) in [5.74, 6) is 0.254. The van der Waals surface area contributed by atoms with Crippen LogP contribution in [0.1, 0.15) is 63.3 Å². The molecule has 0 spiro atoms. The fourth-order valence-electron chi connectivity index (χ4n) is 2.34. The third-order valence-corrected chi connectivity index (χ3v) is 3.64. The standard InChI is InChI=1S/C17H27NO/c1-12-11-14(17(3,4)5)8-9-15(12)16(18-6)10-7-13(2)19/h8-9,11,16,18H,7,10H2,1-6H3. The van der Waals surface area contributed by atoms with E-state index in [0.29, 0.717) is 6.42 Å². The van der Waals surface area contributed by atoms with Crippen molar-refractivity contribution < 1.29 is 4.79 Å². The normalized spacial score (nSPS) is 13.4. The van der Waals surface area contributed by atoms with Crippen molar-refractivity contribution in [1.82, 2.24) is 5.32 Å². The monoisotopic (exact) mass is 261 g/mol. The van der Waals surface area contributed by atoms with E-state index in [-0.39, 0.29) is 17.2 Å². The molecule has 0 aliphatic heterocycles. The highest BCUT2D eigenvalue weighted by Gasteiger charge is 2.17. The van der Waals surface area contributed by atoms with Crippen LogP contribution in [0.15, 0.2) is 18.2 Å². The number of benzene rings is 1. The average Bonchev–Trinajstić information content (AvgIpc) is 2.29. The lowest BCUT2D eigenvalue weighted by atomic mass is 9.84. The molecule has 1 aromatic carbocycles. The molecule has 0 amide bonds. The van der Waals surface area contributed by atoms with Crippen molar-refractivity contribution in [2.75, 3.05) is 7.05 Å². The van der Waals surface area contributed by atoms with Gasteiger partial charge in [-0.1, -0.05) is 39.0 Å². The summed E-state index contributed by atoms with van der Waals surface area (Å²) in [7, 11) is 1.96. The maximum Gasteiger partial charge on any atom is 0.129 e. The molecule has 0 bridgehead atoms. The third-order valence-electron chi connectivity index (χ3n) is 3.64. The first-order chi connectivity index (χ1) is 8.75. The second-order valence-electron chi connectivity index (χ2n) is 6.40. The molecule has 1 rings (SSSR count). The lowest BCUT2D eigenvalue weighted by Gasteiger charge is -2.23. The highest BCUT2D eigenvalue weighted by atomic mass is 16.1. The minimum atomic E-state index is 0.178. The fourth-order valence-corrected chi connectivity index (χ4v) is 2.34. The zero-order valence-corrected chi connectivity index (χ0v) is 13.1. The Morgan fingerprint density at radius 3 is 2.37 bits per heavy atom. The Balaban J connectivity index is 2.96. The van der Waals surface area contributed by atoms with Gasteiger partial charge >= 0.3 is 0 Å². The van der Waals surface area contributed by atoms with Gasteiger partial charge in [0, 0.05) is 12.5 Å². The summed E-state index contributed by atoms with van der Waals surface area (Å²) in [5.41, 5.74) is 4.14. The molecular weight excluding hydrogens is 234 g/mol. The predicted molar refractivity (Wildman–Crippen MR) is 81.6 cm³/mol. The van der Waals surface area contributed by atoms with Gasteiger partial charge in [0.1, 0.15) is 5.78 Å². The highest BCUT2D eigenvalue weighted by molar-refractivity contribution is 5.75. The summed E-state index contributed by atoms with van der Waals surface area (Å²) < 4.78 is 0. The Bertz CT molecular complexity index is 443. The minimum absolute atomic E-state index is 0.178. The van der Waals surface area contributed by atoms with Crippen molar-refractivity contribution in [1.29, 1.82) is 0 Å². The first-order valence-electron chi connectivity index (χ1n) is 7.03. The van der Waals surface area contributed by atoms with Crippen LogP contribution in [0.4, 0.5) is 0 Å². The molecule has 0 radical (unpaired) electrons. The summed E-state index contributed by atoms with van der Waals surface area (Å²) in [5, 5.41) is 3.32. The molecular formula is C17H27NO. The van der Waals surface area contributed by atoms with Crippen molar-refractivity contribution in [3.8, 4) is 0 Å². The lowest BCUT2D eigenvalue weighted by molar-refractivity contribution is -0.117. The van der Waals surface area contributed by atoms with Gasteiger partial charge in [0.15, 0.2) is 0 Å². The molecule has 2 heteroatoms. The van der Waals surface area contributed by atoms with Crippen LogP contribution in [-0.4, -0.2) is 12.8 Å². The molecule has 1 unspecified atom stereocenters. The van der Waals surface area contributed by atoms with Gasteiger partial charge < -0.3 is 10.1 Å². The van der Waals surface area contributed by atoms with E-state index in [2.05, 4.69) is 51.2 Å². The summed E-state index contributed by atoms with van der Waals surface area (Å²) in [4.78, 5) is 11.1. The van der Waals surface area contributed by atoms with Gasteiger partial charge in [-0.2, -0.15) is 0 Å². The first-order valence-corrected chi connectivity index (χ1v) is 7.03. The molecule has 1 N–H and O–H groups in total. The summed E-state index contributed by atoms with van der Waals surface area (Å²) in [6.07, 6.45) is 1.49. The number of ketones is 1. The molecule has 0 aliphatic carbocycles. The van der Waals surface area contributed by atoms with Crippen molar-refractivity contribution in [3.63, 3.8) is 0 Å². The number of aryl methyl sites for hydroxylation is 1. The van der Waals surface area contributed by atoms with E-state index in [9.17, 15) is 4.79 Å². The quantitative estimate of drug-likeness (QED) is 0.870. The van der Waals surface area contributed by atoms with Crippen LogP contribution in [-0.2, 0) is 10.2 Å². The number of Topliss-reactive ketones (excluding diaryl/α,β-unsaturated/α-hetero) is 1. The van der Waals surface area contributed by atoms with Crippen LogP contribution in [0.3, 0.4) is 0 Å². The first kappa shape index (κ1) is 15.9. The van der Waals surface area contributed by atoms with E-state index in [1.165, 1.54) is 16.7 Å². The van der Waals surface area contributed by atoms with E-state index in [1.54, 1.807) is 6.92 Å². The topological polar surface area (TPSA) is 29.1 Å². The fraction of sp³-hybridized carbons (Fsp3) is 0.588. The van der Waals surface area contributed by atoms with Gasteiger partial charge in [-0.25, -0.2) is 0 Å². The smallest absolute Gasteiger partial charge is 0.129 e. The Morgan fingerprint density at radius 1 is 1.32 bits per heavy atom. The third kappa shape index (κ3) is 4.46. The minimum Gasteiger partial charge on any atom is -0.313 e. The van der Waals surface area contributed by atoms with Crippen LogP contribution in [0.2, 0.25) is 0 Å². The second kappa shape index (κ2) is 6.33. The molecule has 0 saturated carbocycles. The highest BCUT2D eigenvalue weighted by Crippen LogP contribution is 2.28. The number of rotatable bonds is 5. The molecule has 106 valence electrons. The molecule has 2 nitrogen and oxygen atoms in total. The Morgan fingerprint density at radius 2 is 1.95 bits per heavy atom. The zero-order chi connectivity index (χ0) is 14.6. The van der Waals surface area contributed by atoms with Crippen molar-refractivity contribution in [2.24, 2.45) is 0 Å². The van der Waals surface area contributed by atoms with Crippen LogP contribution in [0, 0.1) is 6.92 Å². The number of hydrogen-bond acceptors (Lipinski definition) is 2. The predicted octanol–water partition coefficient (Wildman–Crippen LogP) is 3.92. The van der Waals surface area contributed by atoms with Crippen LogP contribution < -0.4 is 5.32 Å².